The lowest BCUT2D eigenvalue weighted by atomic mass is 9.89. The quantitative estimate of drug-likeness (QED) is 0.286. The van der Waals surface area contributed by atoms with Crippen molar-refractivity contribution in [3.63, 3.8) is 0 Å². The Balaban J connectivity index is 3.30. The van der Waals surface area contributed by atoms with E-state index in [0.717, 1.165) is 13.8 Å². The molecule has 0 radical (unpaired) electrons. The van der Waals surface area contributed by atoms with Gasteiger partial charge in [0.05, 0.1) is 6.04 Å². The van der Waals surface area contributed by atoms with E-state index in [1.165, 1.54) is 21.9 Å². The van der Waals surface area contributed by atoms with E-state index in [2.05, 4.69) is 0 Å². The van der Waals surface area contributed by atoms with Gasteiger partial charge in [-0.3, -0.25) is 19.2 Å². The minimum absolute atomic E-state index is 0.121. The van der Waals surface area contributed by atoms with Crippen LogP contribution in [0.3, 0.4) is 0 Å². The molecule has 1 aliphatic rings. The van der Waals surface area contributed by atoms with Crippen molar-refractivity contribution in [2.75, 3.05) is 6.61 Å². The normalized spacial score (nSPS) is 28.6. The third-order valence-electron chi connectivity index (χ3n) is 4.28. The van der Waals surface area contributed by atoms with Gasteiger partial charge < -0.3 is 34.1 Å². The molecule has 2 unspecified atom stereocenters. The maximum atomic E-state index is 11.7. The Morgan fingerprint density at radius 2 is 1.66 bits per heavy atom. The molecule has 0 aromatic heterocycles. The van der Waals surface area contributed by atoms with Gasteiger partial charge in [-0.2, -0.15) is 0 Å². The van der Waals surface area contributed by atoms with Gasteiger partial charge in [-0.15, -0.1) is 0 Å². The topological polar surface area (TPSA) is 150 Å². The zero-order chi connectivity index (χ0) is 22.4. The van der Waals surface area contributed by atoms with Gasteiger partial charge >= 0.3 is 23.9 Å². The maximum Gasteiger partial charge on any atom is 0.303 e. The summed E-state index contributed by atoms with van der Waals surface area (Å²) in [6.07, 6.45) is -4.30. The standard InChI is InChI=1S/C17H28BNO10/c1-8(20)24-7-13(26-10(3)22)15(27-11(4)23)16-14(19)12(25-9(2)21)6-17(5,28-16)29-18/h12-16H,6-7,18-19H2,1-5H3/t12?,13-,14?,15-,16-,17-/m1/s1. The van der Waals surface area contributed by atoms with Crippen LogP contribution in [-0.2, 0) is 47.5 Å². The second-order valence-electron chi connectivity index (χ2n) is 6.87. The molecule has 0 aliphatic carbocycles. The Hall–Kier alpha value is -2.18. The first-order valence-electron chi connectivity index (χ1n) is 9.02. The zero-order valence-electron chi connectivity index (χ0n) is 17.5. The molecule has 164 valence electrons. The molecule has 1 fully saturated rings. The molecule has 6 atom stereocenters. The Bertz CT molecular complexity index is 629. The van der Waals surface area contributed by atoms with Crippen LogP contribution in [0.5, 0.6) is 0 Å². The van der Waals surface area contributed by atoms with Gasteiger partial charge in [0.25, 0.3) is 8.05 Å². The van der Waals surface area contributed by atoms with Crippen molar-refractivity contribution < 1.29 is 47.5 Å². The lowest BCUT2D eigenvalue weighted by Crippen LogP contribution is -2.65. The summed E-state index contributed by atoms with van der Waals surface area (Å²) in [5, 5.41) is 0. The van der Waals surface area contributed by atoms with E-state index < -0.39 is 66.7 Å². The molecule has 0 spiro atoms. The van der Waals surface area contributed by atoms with Crippen molar-refractivity contribution in [2.45, 2.75) is 77.3 Å². The van der Waals surface area contributed by atoms with E-state index >= 15 is 0 Å². The monoisotopic (exact) mass is 417 g/mol. The number of nitrogens with two attached hydrogens (primary N) is 1. The summed E-state index contributed by atoms with van der Waals surface area (Å²) in [4.78, 5) is 46.1. The molecule has 1 saturated heterocycles. The van der Waals surface area contributed by atoms with Crippen molar-refractivity contribution in [3.05, 3.63) is 0 Å². The number of hydrogen-bond acceptors (Lipinski definition) is 11. The predicted octanol–water partition coefficient (Wildman–Crippen LogP) is -1.26. The molecule has 29 heavy (non-hydrogen) atoms. The minimum Gasteiger partial charge on any atom is -0.462 e. The van der Waals surface area contributed by atoms with Crippen LogP contribution in [-0.4, -0.2) is 74.8 Å². The first-order valence-corrected chi connectivity index (χ1v) is 9.02. The molecule has 0 saturated carbocycles. The summed E-state index contributed by atoms with van der Waals surface area (Å²) in [5.74, 6) is -3.84. The lowest BCUT2D eigenvalue weighted by Gasteiger charge is -2.47. The number of carbonyl (C=O) groups excluding carboxylic acids is 4. The molecular formula is C17H28BNO10. The Kier molecular flexibility index (Phi) is 9.05. The molecule has 1 aliphatic heterocycles. The van der Waals surface area contributed by atoms with Gasteiger partial charge in [-0.1, -0.05) is 0 Å². The van der Waals surface area contributed by atoms with E-state index in [-0.39, 0.29) is 6.42 Å². The molecule has 0 amide bonds. The Labute approximate surface area is 169 Å². The van der Waals surface area contributed by atoms with E-state index in [4.69, 9.17) is 34.1 Å². The van der Waals surface area contributed by atoms with Crippen LogP contribution in [0.25, 0.3) is 0 Å². The van der Waals surface area contributed by atoms with Crippen LogP contribution >= 0.6 is 0 Å². The van der Waals surface area contributed by atoms with Crippen molar-refractivity contribution >= 4 is 31.9 Å². The van der Waals surface area contributed by atoms with Crippen LogP contribution < -0.4 is 5.73 Å². The molecule has 2 N–H and O–H groups in total. The Morgan fingerprint density at radius 1 is 1.07 bits per heavy atom. The lowest BCUT2D eigenvalue weighted by molar-refractivity contribution is -0.282. The van der Waals surface area contributed by atoms with E-state index in [0.29, 0.717) is 0 Å². The summed E-state index contributed by atoms with van der Waals surface area (Å²) >= 11 is 0. The summed E-state index contributed by atoms with van der Waals surface area (Å²) in [6.45, 7) is 5.90. The molecule has 0 aromatic carbocycles. The van der Waals surface area contributed by atoms with Crippen molar-refractivity contribution in [3.8, 4) is 0 Å². The number of hydrogen-bond donors (Lipinski definition) is 1. The van der Waals surface area contributed by atoms with Crippen molar-refractivity contribution in [1.29, 1.82) is 0 Å². The molecule has 0 bridgehead atoms. The fourth-order valence-corrected chi connectivity index (χ4v) is 3.03. The predicted molar refractivity (Wildman–Crippen MR) is 98.8 cm³/mol. The van der Waals surface area contributed by atoms with E-state index in [1.54, 1.807) is 6.92 Å². The summed E-state index contributed by atoms with van der Waals surface area (Å²) in [5.41, 5.74) is 6.25. The highest BCUT2D eigenvalue weighted by atomic mass is 16.7. The number of rotatable bonds is 8. The molecule has 12 heteroatoms. The highest BCUT2D eigenvalue weighted by Crippen LogP contribution is 2.34. The molecule has 1 rings (SSSR count). The third kappa shape index (κ3) is 7.63. The molecule has 11 nitrogen and oxygen atoms in total. The van der Waals surface area contributed by atoms with Crippen LogP contribution in [0.4, 0.5) is 0 Å². The number of esters is 4. The smallest absolute Gasteiger partial charge is 0.303 e. The van der Waals surface area contributed by atoms with E-state index in [1.807, 2.05) is 0 Å². The SMILES string of the molecule is BO[C@]1(C)CC(OC(C)=O)C(N)[C@H]([C@H](OC(C)=O)[C@@H](COC(C)=O)OC(C)=O)O1. The van der Waals surface area contributed by atoms with Crippen LogP contribution in [0.2, 0.25) is 0 Å². The second kappa shape index (κ2) is 10.6. The second-order valence-corrected chi connectivity index (χ2v) is 6.87. The minimum atomic E-state index is -1.27. The highest BCUT2D eigenvalue weighted by Gasteiger charge is 2.51. The zero-order valence-corrected chi connectivity index (χ0v) is 17.5. The number of carbonyl (C=O) groups is 4. The molecule has 1 heterocycles. The number of ether oxygens (including phenoxy) is 5. The van der Waals surface area contributed by atoms with Crippen LogP contribution in [0, 0.1) is 0 Å². The highest BCUT2D eigenvalue weighted by molar-refractivity contribution is 5.98. The van der Waals surface area contributed by atoms with Crippen LogP contribution in [0.1, 0.15) is 41.0 Å². The summed E-state index contributed by atoms with van der Waals surface area (Å²) in [6, 6.07) is -0.957. The van der Waals surface area contributed by atoms with Gasteiger partial charge in [-0.25, -0.2) is 0 Å². The first kappa shape index (κ1) is 24.9. The van der Waals surface area contributed by atoms with Gasteiger partial charge in [0, 0.05) is 34.1 Å². The summed E-state index contributed by atoms with van der Waals surface area (Å²) < 4.78 is 32.1. The van der Waals surface area contributed by atoms with Gasteiger partial charge in [0.1, 0.15) is 18.8 Å². The average Bonchev–Trinajstić information content (AvgIpc) is 2.58. The van der Waals surface area contributed by atoms with Gasteiger partial charge in [-0.05, 0) is 6.92 Å². The molecular weight excluding hydrogens is 389 g/mol. The average molecular weight is 417 g/mol. The fourth-order valence-electron chi connectivity index (χ4n) is 3.03. The van der Waals surface area contributed by atoms with Crippen molar-refractivity contribution in [2.24, 2.45) is 5.73 Å². The Morgan fingerprint density at radius 3 is 2.10 bits per heavy atom. The van der Waals surface area contributed by atoms with Gasteiger partial charge in [0.2, 0.25) is 0 Å². The first-order chi connectivity index (χ1) is 13.4. The third-order valence-corrected chi connectivity index (χ3v) is 4.28. The summed E-state index contributed by atoms with van der Waals surface area (Å²) in [7, 11) is 1.39. The van der Waals surface area contributed by atoms with Crippen molar-refractivity contribution in [1.82, 2.24) is 0 Å². The molecule has 0 aromatic rings. The largest absolute Gasteiger partial charge is 0.462 e. The maximum absolute atomic E-state index is 11.7. The van der Waals surface area contributed by atoms with E-state index in [9.17, 15) is 19.2 Å². The van der Waals surface area contributed by atoms with Gasteiger partial charge in [0.15, 0.2) is 18.0 Å². The van der Waals surface area contributed by atoms with Crippen LogP contribution in [0.15, 0.2) is 0 Å². The fraction of sp³-hybridized carbons (Fsp3) is 0.765.